The first-order valence-corrected chi connectivity index (χ1v) is 9.05. The summed E-state index contributed by atoms with van der Waals surface area (Å²) in [6, 6.07) is 8.91. The average molecular weight is 398 g/mol. The molecule has 0 aliphatic rings. The minimum Gasteiger partial charge on any atom is -0.453 e. The Hall–Kier alpha value is -2.25. The standard InChI is InChI=1S/C18H17ClFNO4S/c1-11(18(24)21-10-12-2-4-13(20)5-3-12)25-17(23)9-6-14(22)15-7-8-16(19)26-15/h2-5,7-8,11H,6,9-10H2,1H3,(H,21,24)/t11-/m0/s1. The van der Waals surface area contributed by atoms with E-state index < -0.39 is 18.0 Å². The van der Waals surface area contributed by atoms with Crippen molar-refractivity contribution >= 4 is 40.6 Å². The van der Waals surface area contributed by atoms with Crippen LogP contribution >= 0.6 is 22.9 Å². The van der Waals surface area contributed by atoms with Gasteiger partial charge in [0.25, 0.3) is 5.91 Å². The van der Waals surface area contributed by atoms with E-state index in [4.69, 9.17) is 16.3 Å². The Balaban J connectivity index is 1.72. The lowest BCUT2D eigenvalue weighted by Crippen LogP contribution is -2.35. The SMILES string of the molecule is C[C@H](OC(=O)CCC(=O)c1ccc(Cl)s1)C(=O)NCc1ccc(F)cc1. The quantitative estimate of drug-likeness (QED) is 0.544. The lowest BCUT2D eigenvalue weighted by atomic mass is 10.2. The Morgan fingerprint density at radius 1 is 1.15 bits per heavy atom. The van der Waals surface area contributed by atoms with Crippen molar-refractivity contribution in [3.05, 3.63) is 57.0 Å². The molecule has 2 rings (SSSR count). The smallest absolute Gasteiger partial charge is 0.307 e. The van der Waals surface area contributed by atoms with Crippen molar-refractivity contribution < 1.29 is 23.5 Å². The molecule has 2 aromatic rings. The van der Waals surface area contributed by atoms with Crippen molar-refractivity contribution in [1.29, 1.82) is 0 Å². The van der Waals surface area contributed by atoms with Gasteiger partial charge in [-0.05, 0) is 36.8 Å². The van der Waals surface area contributed by atoms with E-state index in [2.05, 4.69) is 5.32 Å². The summed E-state index contributed by atoms with van der Waals surface area (Å²) in [6.07, 6.45) is -1.13. The van der Waals surface area contributed by atoms with Crippen LogP contribution in [-0.2, 0) is 20.9 Å². The number of esters is 1. The van der Waals surface area contributed by atoms with Gasteiger partial charge in [-0.1, -0.05) is 23.7 Å². The molecule has 1 heterocycles. The number of amides is 1. The van der Waals surface area contributed by atoms with Crippen molar-refractivity contribution in [2.24, 2.45) is 0 Å². The molecule has 0 aliphatic heterocycles. The molecule has 26 heavy (non-hydrogen) atoms. The van der Waals surface area contributed by atoms with E-state index in [9.17, 15) is 18.8 Å². The van der Waals surface area contributed by atoms with Gasteiger partial charge in [0.15, 0.2) is 11.9 Å². The second-order valence-corrected chi connectivity index (χ2v) is 7.22. The first kappa shape index (κ1) is 20.1. The molecule has 1 aromatic heterocycles. The third-order valence-corrected chi connectivity index (χ3v) is 4.73. The van der Waals surface area contributed by atoms with Crippen LogP contribution in [0.2, 0.25) is 4.34 Å². The number of benzene rings is 1. The molecule has 0 fully saturated rings. The van der Waals surface area contributed by atoms with Crippen molar-refractivity contribution in [3.8, 4) is 0 Å². The summed E-state index contributed by atoms with van der Waals surface area (Å²) in [5, 5.41) is 2.60. The van der Waals surface area contributed by atoms with Gasteiger partial charge in [-0.25, -0.2) is 4.39 Å². The number of halogens is 2. The molecule has 0 spiro atoms. The van der Waals surface area contributed by atoms with E-state index in [1.165, 1.54) is 19.1 Å². The minimum atomic E-state index is -0.991. The largest absolute Gasteiger partial charge is 0.453 e. The highest BCUT2D eigenvalue weighted by Gasteiger charge is 2.19. The van der Waals surface area contributed by atoms with Crippen LogP contribution in [0, 0.1) is 5.82 Å². The van der Waals surface area contributed by atoms with E-state index in [0.717, 1.165) is 16.9 Å². The number of nitrogens with one attached hydrogen (secondary N) is 1. The molecule has 0 unspecified atom stereocenters. The number of hydrogen-bond donors (Lipinski definition) is 1. The van der Waals surface area contributed by atoms with Gasteiger partial charge in [-0.3, -0.25) is 14.4 Å². The number of carbonyl (C=O) groups excluding carboxylic acids is 3. The summed E-state index contributed by atoms with van der Waals surface area (Å²) in [5.74, 6) is -1.67. The lowest BCUT2D eigenvalue weighted by Gasteiger charge is -2.13. The monoisotopic (exact) mass is 397 g/mol. The van der Waals surface area contributed by atoms with Crippen LogP contribution in [0.15, 0.2) is 36.4 Å². The Kier molecular flexibility index (Phi) is 7.29. The molecule has 8 heteroatoms. The second kappa shape index (κ2) is 9.45. The van der Waals surface area contributed by atoms with Gasteiger partial charge in [0, 0.05) is 13.0 Å². The topological polar surface area (TPSA) is 72.5 Å². The molecule has 1 atom stereocenters. The van der Waals surface area contributed by atoms with E-state index in [-0.39, 0.29) is 31.0 Å². The maximum Gasteiger partial charge on any atom is 0.307 e. The van der Waals surface area contributed by atoms with E-state index >= 15 is 0 Å². The van der Waals surface area contributed by atoms with Gasteiger partial charge in [0.2, 0.25) is 0 Å². The van der Waals surface area contributed by atoms with Crippen molar-refractivity contribution in [2.75, 3.05) is 0 Å². The number of carbonyl (C=O) groups is 3. The van der Waals surface area contributed by atoms with E-state index in [1.54, 1.807) is 24.3 Å². The number of thiophene rings is 1. The number of ether oxygens (including phenoxy) is 1. The zero-order valence-corrected chi connectivity index (χ0v) is 15.5. The molecule has 0 radical (unpaired) electrons. The molecule has 1 amide bonds. The fraction of sp³-hybridized carbons (Fsp3) is 0.278. The van der Waals surface area contributed by atoms with Crippen molar-refractivity contribution in [2.45, 2.75) is 32.4 Å². The molecule has 5 nitrogen and oxygen atoms in total. The number of Topliss-reactive ketones (excluding diaryl/α,β-unsaturated/α-hetero) is 1. The molecule has 138 valence electrons. The van der Waals surface area contributed by atoms with Gasteiger partial charge < -0.3 is 10.1 Å². The van der Waals surface area contributed by atoms with Crippen LogP contribution in [0.3, 0.4) is 0 Å². The Morgan fingerprint density at radius 3 is 2.46 bits per heavy atom. The normalized spacial score (nSPS) is 11.7. The van der Waals surface area contributed by atoms with Crippen LogP contribution in [0.25, 0.3) is 0 Å². The fourth-order valence-electron chi connectivity index (χ4n) is 2.05. The fourth-order valence-corrected chi connectivity index (χ4v) is 3.06. The van der Waals surface area contributed by atoms with E-state index in [1.807, 2.05) is 0 Å². The molecule has 0 saturated heterocycles. The predicted octanol–water partition coefficient (Wildman–Crippen LogP) is 3.75. The Bertz CT molecular complexity index is 791. The van der Waals surface area contributed by atoms with Crippen LogP contribution < -0.4 is 5.32 Å². The summed E-state index contributed by atoms with van der Waals surface area (Å²) >= 11 is 6.91. The second-order valence-electron chi connectivity index (χ2n) is 5.50. The number of hydrogen-bond acceptors (Lipinski definition) is 5. The third kappa shape index (κ3) is 6.24. The summed E-state index contributed by atoms with van der Waals surface area (Å²) < 4.78 is 18.3. The number of rotatable bonds is 8. The lowest BCUT2D eigenvalue weighted by molar-refractivity contribution is -0.154. The number of ketones is 1. The highest BCUT2D eigenvalue weighted by atomic mass is 35.5. The average Bonchev–Trinajstić information content (AvgIpc) is 3.05. The molecule has 1 aromatic carbocycles. The highest BCUT2D eigenvalue weighted by Crippen LogP contribution is 2.23. The molecule has 0 saturated carbocycles. The van der Waals surface area contributed by atoms with Crippen LogP contribution in [-0.4, -0.2) is 23.8 Å². The zero-order valence-electron chi connectivity index (χ0n) is 14.0. The van der Waals surface area contributed by atoms with Crippen LogP contribution in [0.4, 0.5) is 4.39 Å². The summed E-state index contributed by atoms with van der Waals surface area (Å²) in [5.41, 5.74) is 0.721. The Labute approximate surface area is 159 Å². The molecule has 1 N–H and O–H groups in total. The first-order valence-electron chi connectivity index (χ1n) is 7.85. The van der Waals surface area contributed by atoms with E-state index in [0.29, 0.717) is 9.21 Å². The van der Waals surface area contributed by atoms with Crippen LogP contribution in [0.5, 0.6) is 0 Å². The summed E-state index contributed by atoms with van der Waals surface area (Å²) in [6.45, 7) is 1.64. The summed E-state index contributed by atoms with van der Waals surface area (Å²) in [7, 11) is 0. The predicted molar refractivity (Wildman–Crippen MR) is 96.7 cm³/mol. The molecule has 0 aliphatic carbocycles. The highest BCUT2D eigenvalue weighted by molar-refractivity contribution is 7.18. The van der Waals surface area contributed by atoms with Gasteiger partial charge in [-0.15, -0.1) is 11.3 Å². The maximum atomic E-state index is 12.8. The van der Waals surface area contributed by atoms with Gasteiger partial charge >= 0.3 is 5.97 Å². The van der Waals surface area contributed by atoms with Crippen molar-refractivity contribution in [1.82, 2.24) is 5.32 Å². The minimum absolute atomic E-state index is 0.0143. The zero-order chi connectivity index (χ0) is 19.1. The molecule has 0 bridgehead atoms. The van der Waals surface area contributed by atoms with Gasteiger partial charge in [-0.2, -0.15) is 0 Å². The maximum absolute atomic E-state index is 12.8. The Morgan fingerprint density at radius 2 is 1.85 bits per heavy atom. The molecular weight excluding hydrogens is 381 g/mol. The van der Waals surface area contributed by atoms with Gasteiger partial charge in [0.05, 0.1) is 15.6 Å². The van der Waals surface area contributed by atoms with Gasteiger partial charge in [0.1, 0.15) is 5.82 Å². The summed E-state index contributed by atoms with van der Waals surface area (Å²) in [4.78, 5) is 36.1. The van der Waals surface area contributed by atoms with Crippen molar-refractivity contribution in [3.63, 3.8) is 0 Å². The molecular formula is C18H17ClFNO4S. The first-order chi connectivity index (χ1) is 12.3. The van der Waals surface area contributed by atoms with Crippen LogP contribution in [0.1, 0.15) is 35.0 Å². The third-order valence-electron chi connectivity index (χ3n) is 3.46.